The Bertz CT molecular complexity index is 473. The Kier molecular flexibility index (Phi) is 3.59. The van der Waals surface area contributed by atoms with Gasteiger partial charge in [0.1, 0.15) is 0 Å². The molecule has 0 spiro atoms. The summed E-state index contributed by atoms with van der Waals surface area (Å²) in [6.45, 7) is 0.785. The van der Waals surface area contributed by atoms with Gasteiger partial charge < -0.3 is 16.0 Å². The molecule has 1 heterocycles. The molecule has 0 aliphatic carbocycles. The number of primary amides is 1. The minimum atomic E-state index is -0.242. The molecule has 2 rings (SSSR count). The molecule has 0 saturated heterocycles. The van der Waals surface area contributed by atoms with Crippen LogP contribution in [0.3, 0.4) is 0 Å². The third-order valence-corrected chi connectivity index (χ3v) is 2.53. The van der Waals surface area contributed by atoms with E-state index in [0.29, 0.717) is 6.42 Å². The maximum atomic E-state index is 10.5. The fourth-order valence-electron chi connectivity index (χ4n) is 1.67. The molecule has 0 saturated carbocycles. The van der Waals surface area contributed by atoms with E-state index < -0.39 is 0 Å². The minimum absolute atomic E-state index is 0.242. The van der Waals surface area contributed by atoms with Crippen molar-refractivity contribution in [3.63, 3.8) is 0 Å². The molecule has 0 aliphatic rings. The number of rotatable bonds is 6. The van der Waals surface area contributed by atoms with Gasteiger partial charge >= 0.3 is 0 Å². The lowest BCUT2D eigenvalue weighted by Gasteiger charge is -2.01. The second-order valence-electron chi connectivity index (χ2n) is 3.95. The van der Waals surface area contributed by atoms with E-state index in [1.807, 2.05) is 24.3 Å². The highest BCUT2D eigenvalue weighted by Crippen LogP contribution is 2.13. The van der Waals surface area contributed by atoms with Gasteiger partial charge in [0.05, 0.1) is 11.0 Å². The van der Waals surface area contributed by atoms with Gasteiger partial charge in [-0.15, -0.1) is 0 Å². The molecule has 90 valence electrons. The predicted octanol–water partition coefficient (Wildman–Crippen LogP) is 1.63. The van der Waals surface area contributed by atoms with Crippen LogP contribution < -0.4 is 11.1 Å². The van der Waals surface area contributed by atoms with Crippen LogP contribution in [0, 0.1) is 0 Å². The molecule has 5 nitrogen and oxygen atoms in total. The van der Waals surface area contributed by atoms with E-state index in [-0.39, 0.29) is 5.91 Å². The highest BCUT2D eigenvalue weighted by Gasteiger charge is 2.00. The standard InChI is InChI=1S/C12H16N4O/c13-11(17)7-3-4-8-14-12-15-9-5-1-2-6-10(9)16-12/h1-2,5-6H,3-4,7-8H2,(H2,13,17)(H2,14,15,16). The van der Waals surface area contributed by atoms with Gasteiger partial charge in [0, 0.05) is 13.0 Å². The number of fused-ring (bicyclic) bond motifs is 1. The van der Waals surface area contributed by atoms with Crippen molar-refractivity contribution in [1.29, 1.82) is 0 Å². The smallest absolute Gasteiger partial charge is 0.217 e. The zero-order valence-electron chi connectivity index (χ0n) is 9.57. The van der Waals surface area contributed by atoms with Gasteiger partial charge in [-0.3, -0.25) is 4.79 Å². The second kappa shape index (κ2) is 5.34. The van der Waals surface area contributed by atoms with Gasteiger partial charge in [0.25, 0.3) is 0 Å². The van der Waals surface area contributed by atoms with E-state index in [9.17, 15) is 4.79 Å². The van der Waals surface area contributed by atoms with Crippen LogP contribution in [0.5, 0.6) is 0 Å². The molecule has 1 amide bonds. The number of imidazole rings is 1. The van der Waals surface area contributed by atoms with Crippen molar-refractivity contribution in [1.82, 2.24) is 9.97 Å². The molecule has 0 atom stereocenters. The number of para-hydroxylation sites is 2. The average molecular weight is 232 g/mol. The zero-order chi connectivity index (χ0) is 12.1. The molecule has 1 aromatic carbocycles. The fraction of sp³-hybridized carbons (Fsp3) is 0.333. The highest BCUT2D eigenvalue weighted by molar-refractivity contribution is 5.77. The molecule has 0 unspecified atom stereocenters. The molecule has 17 heavy (non-hydrogen) atoms. The molecule has 1 aromatic heterocycles. The van der Waals surface area contributed by atoms with E-state index in [4.69, 9.17) is 5.73 Å². The number of nitrogens with one attached hydrogen (secondary N) is 2. The maximum absolute atomic E-state index is 10.5. The number of aromatic nitrogens is 2. The van der Waals surface area contributed by atoms with Gasteiger partial charge in [-0.25, -0.2) is 4.98 Å². The lowest BCUT2D eigenvalue weighted by atomic mass is 10.2. The van der Waals surface area contributed by atoms with Crippen molar-refractivity contribution in [3.05, 3.63) is 24.3 Å². The molecule has 0 bridgehead atoms. The van der Waals surface area contributed by atoms with Crippen molar-refractivity contribution in [2.24, 2.45) is 5.73 Å². The maximum Gasteiger partial charge on any atom is 0.217 e. The van der Waals surface area contributed by atoms with Crippen LogP contribution >= 0.6 is 0 Å². The number of nitrogens with two attached hydrogens (primary N) is 1. The summed E-state index contributed by atoms with van der Waals surface area (Å²) in [6, 6.07) is 7.88. The summed E-state index contributed by atoms with van der Waals surface area (Å²) in [5.41, 5.74) is 7.03. The Balaban J connectivity index is 1.81. The van der Waals surface area contributed by atoms with Gasteiger partial charge in [0.15, 0.2) is 0 Å². The molecule has 5 heteroatoms. The molecular weight excluding hydrogens is 216 g/mol. The SMILES string of the molecule is NC(=O)CCCCNc1nc2ccccc2[nH]1. The van der Waals surface area contributed by atoms with Crippen molar-refractivity contribution in [2.45, 2.75) is 19.3 Å². The van der Waals surface area contributed by atoms with Crippen LogP contribution in [0.4, 0.5) is 5.95 Å². The van der Waals surface area contributed by atoms with E-state index in [1.165, 1.54) is 0 Å². The number of unbranched alkanes of at least 4 members (excludes halogenated alkanes) is 1. The van der Waals surface area contributed by atoms with Crippen LogP contribution in [0.15, 0.2) is 24.3 Å². The highest BCUT2D eigenvalue weighted by atomic mass is 16.1. The van der Waals surface area contributed by atoms with E-state index >= 15 is 0 Å². The monoisotopic (exact) mass is 232 g/mol. The number of nitrogens with zero attached hydrogens (tertiary/aromatic N) is 1. The second-order valence-corrected chi connectivity index (χ2v) is 3.95. The summed E-state index contributed by atoms with van der Waals surface area (Å²) in [5, 5.41) is 3.19. The van der Waals surface area contributed by atoms with Gasteiger partial charge in [-0.1, -0.05) is 12.1 Å². The van der Waals surface area contributed by atoms with Crippen LogP contribution in [0.2, 0.25) is 0 Å². The largest absolute Gasteiger partial charge is 0.370 e. The van der Waals surface area contributed by atoms with Gasteiger partial charge in [-0.05, 0) is 25.0 Å². The minimum Gasteiger partial charge on any atom is -0.370 e. The van der Waals surface area contributed by atoms with E-state index in [1.54, 1.807) is 0 Å². The Hall–Kier alpha value is -2.04. The fourth-order valence-corrected chi connectivity index (χ4v) is 1.67. The summed E-state index contributed by atoms with van der Waals surface area (Å²) in [5.74, 6) is 0.527. The lowest BCUT2D eigenvalue weighted by molar-refractivity contribution is -0.118. The number of aromatic amines is 1. The van der Waals surface area contributed by atoms with Crippen molar-refractivity contribution in [2.75, 3.05) is 11.9 Å². The van der Waals surface area contributed by atoms with Crippen LogP contribution in [0.25, 0.3) is 11.0 Å². The molecule has 2 aromatic rings. The molecular formula is C12H16N4O. The Morgan fingerprint density at radius 2 is 2.18 bits per heavy atom. The number of benzene rings is 1. The summed E-state index contributed by atoms with van der Waals surface area (Å²) in [6.07, 6.45) is 2.16. The predicted molar refractivity (Wildman–Crippen MR) is 67.6 cm³/mol. The van der Waals surface area contributed by atoms with Crippen LogP contribution in [-0.2, 0) is 4.79 Å². The van der Waals surface area contributed by atoms with Crippen molar-refractivity contribution < 1.29 is 4.79 Å². The van der Waals surface area contributed by atoms with E-state index in [0.717, 1.165) is 36.4 Å². The quantitative estimate of drug-likeness (QED) is 0.662. The van der Waals surface area contributed by atoms with E-state index in [2.05, 4.69) is 15.3 Å². The summed E-state index contributed by atoms with van der Waals surface area (Å²) >= 11 is 0. The Morgan fingerprint density at radius 3 is 2.94 bits per heavy atom. The molecule has 0 radical (unpaired) electrons. The molecule has 4 N–H and O–H groups in total. The topological polar surface area (TPSA) is 83.8 Å². The summed E-state index contributed by atoms with van der Waals surface area (Å²) in [7, 11) is 0. The first-order valence-corrected chi connectivity index (χ1v) is 5.72. The Morgan fingerprint density at radius 1 is 1.35 bits per heavy atom. The first-order chi connectivity index (χ1) is 8.25. The zero-order valence-corrected chi connectivity index (χ0v) is 9.57. The normalized spacial score (nSPS) is 10.6. The molecule has 0 fully saturated rings. The van der Waals surface area contributed by atoms with Gasteiger partial charge in [0.2, 0.25) is 11.9 Å². The average Bonchev–Trinajstić information content (AvgIpc) is 2.70. The third kappa shape index (κ3) is 3.21. The summed E-state index contributed by atoms with van der Waals surface area (Å²) < 4.78 is 0. The van der Waals surface area contributed by atoms with Gasteiger partial charge in [-0.2, -0.15) is 0 Å². The van der Waals surface area contributed by atoms with Crippen LogP contribution in [-0.4, -0.2) is 22.4 Å². The van der Waals surface area contributed by atoms with Crippen molar-refractivity contribution in [3.8, 4) is 0 Å². The van der Waals surface area contributed by atoms with Crippen molar-refractivity contribution >= 4 is 22.9 Å². The number of hydrogen-bond donors (Lipinski definition) is 3. The lowest BCUT2D eigenvalue weighted by Crippen LogP contribution is -2.11. The Labute approximate surface area is 99.4 Å². The first kappa shape index (κ1) is 11.4. The number of hydrogen-bond acceptors (Lipinski definition) is 3. The summed E-state index contributed by atoms with van der Waals surface area (Å²) in [4.78, 5) is 18.1. The molecule has 0 aliphatic heterocycles. The van der Waals surface area contributed by atoms with Crippen LogP contribution in [0.1, 0.15) is 19.3 Å². The third-order valence-electron chi connectivity index (χ3n) is 2.53. The number of anilines is 1. The number of H-pyrrole nitrogens is 1. The first-order valence-electron chi connectivity index (χ1n) is 5.72. The number of carbonyl (C=O) groups excluding carboxylic acids is 1. The number of amides is 1. The number of carbonyl (C=O) groups is 1.